The highest BCUT2D eigenvalue weighted by Crippen LogP contribution is 2.20. The molecule has 0 aliphatic carbocycles. The Hall–Kier alpha value is -1.75. The molecule has 0 bridgehead atoms. The van der Waals surface area contributed by atoms with E-state index in [1.165, 1.54) is 4.90 Å². The first-order chi connectivity index (χ1) is 9.47. The lowest BCUT2D eigenvalue weighted by Crippen LogP contribution is -2.39. The van der Waals surface area contributed by atoms with Crippen molar-refractivity contribution in [1.82, 2.24) is 4.90 Å². The van der Waals surface area contributed by atoms with Crippen LogP contribution in [0.4, 0.5) is 10.5 Å². The molecule has 1 aromatic carbocycles. The summed E-state index contributed by atoms with van der Waals surface area (Å²) in [6.07, 6.45) is 0. The number of hydrogen-bond donors (Lipinski definition) is 1. The largest absolute Gasteiger partial charge is 0.465 e. The third-order valence-electron chi connectivity index (χ3n) is 2.72. The zero-order valence-corrected chi connectivity index (χ0v) is 12.7. The molecule has 1 rings (SSSR count). The summed E-state index contributed by atoms with van der Waals surface area (Å²) in [5, 5.41) is 3.28. The number of urea groups is 1. The fourth-order valence-electron chi connectivity index (χ4n) is 1.56. The SMILES string of the molecule is CCOC(=O)CN(CC)C(=O)Nc1ccc(C)c(Cl)c1. The number of nitrogens with one attached hydrogen (secondary N) is 1. The van der Waals surface area contributed by atoms with Crippen LogP contribution in [0.25, 0.3) is 0 Å². The van der Waals surface area contributed by atoms with Gasteiger partial charge in [0.2, 0.25) is 0 Å². The molecule has 0 radical (unpaired) electrons. The molecule has 6 heteroatoms. The van der Waals surface area contributed by atoms with Gasteiger partial charge in [-0.25, -0.2) is 4.79 Å². The first kappa shape index (κ1) is 16.3. The molecule has 110 valence electrons. The van der Waals surface area contributed by atoms with Gasteiger partial charge < -0.3 is 15.0 Å². The van der Waals surface area contributed by atoms with E-state index in [2.05, 4.69) is 5.32 Å². The maximum atomic E-state index is 12.0. The molecule has 0 saturated carbocycles. The average molecular weight is 299 g/mol. The van der Waals surface area contributed by atoms with E-state index < -0.39 is 5.97 Å². The lowest BCUT2D eigenvalue weighted by Gasteiger charge is -2.20. The monoisotopic (exact) mass is 298 g/mol. The standard InChI is InChI=1S/C14H19ClN2O3/c1-4-17(9-13(18)20-5-2)14(19)16-11-7-6-10(3)12(15)8-11/h6-8H,4-5,9H2,1-3H3,(H,16,19). The van der Waals surface area contributed by atoms with Crippen LogP contribution < -0.4 is 5.32 Å². The van der Waals surface area contributed by atoms with Gasteiger partial charge in [0, 0.05) is 17.3 Å². The number of ether oxygens (including phenoxy) is 1. The Labute approximate surface area is 123 Å². The van der Waals surface area contributed by atoms with Crippen LogP contribution in [0.5, 0.6) is 0 Å². The van der Waals surface area contributed by atoms with Crippen molar-refractivity contribution in [2.24, 2.45) is 0 Å². The number of carbonyl (C=O) groups is 2. The summed E-state index contributed by atoms with van der Waals surface area (Å²) in [5.41, 5.74) is 1.52. The molecular formula is C14H19ClN2O3. The van der Waals surface area contributed by atoms with Gasteiger partial charge in [-0.1, -0.05) is 17.7 Å². The van der Waals surface area contributed by atoms with Gasteiger partial charge in [0.25, 0.3) is 0 Å². The van der Waals surface area contributed by atoms with E-state index in [4.69, 9.17) is 16.3 Å². The molecule has 5 nitrogen and oxygen atoms in total. The lowest BCUT2D eigenvalue weighted by molar-refractivity contribution is -0.143. The molecule has 2 amide bonds. The van der Waals surface area contributed by atoms with E-state index in [-0.39, 0.29) is 12.6 Å². The summed E-state index contributed by atoms with van der Waals surface area (Å²) in [7, 11) is 0. The topological polar surface area (TPSA) is 58.6 Å². The van der Waals surface area contributed by atoms with Crippen molar-refractivity contribution in [2.75, 3.05) is 25.0 Å². The van der Waals surface area contributed by atoms with Crippen molar-refractivity contribution in [2.45, 2.75) is 20.8 Å². The molecule has 1 aromatic rings. The van der Waals surface area contributed by atoms with E-state index in [9.17, 15) is 9.59 Å². The molecule has 0 unspecified atom stereocenters. The van der Waals surface area contributed by atoms with Gasteiger partial charge in [0.05, 0.1) is 6.61 Å². The number of rotatable bonds is 5. The van der Waals surface area contributed by atoms with E-state index in [1.54, 1.807) is 26.0 Å². The number of likely N-dealkylation sites (N-methyl/N-ethyl adjacent to an activating group) is 1. The number of esters is 1. The van der Waals surface area contributed by atoms with Gasteiger partial charge >= 0.3 is 12.0 Å². The average Bonchev–Trinajstić information content (AvgIpc) is 2.40. The summed E-state index contributed by atoms with van der Waals surface area (Å²) in [6, 6.07) is 4.89. The van der Waals surface area contributed by atoms with Crippen LogP contribution in [0.15, 0.2) is 18.2 Å². The van der Waals surface area contributed by atoms with Crippen LogP contribution in [-0.4, -0.2) is 36.6 Å². The Balaban J connectivity index is 2.67. The molecule has 0 saturated heterocycles. The number of anilines is 1. The van der Waals surface area contributed by atoms with E-state index in [0.29, 0.717) is 23.9 Å². The number of nitrogens with zero attached hydrogens (tertiary/aromatic N) is 1. The fraction of sp³-hybridized carbons (Fsp3) is 0.429. The Kier molecular flexibility index (Phi) is 6.31. The highest BCUT2D eigenvalue weighted by Gasteiger charge is 2.16. The molecule has 0 aliphatic rings. The minimum absolute atomic E-state index is 0.0736. The van der Waals surface area contributed by atoms with Crippen LogP contribution in [0.1, 0.15) is 19.4 Å². The Morgan fingerprint density at radius 2 is 2.05 bits per heavy atom. The summed E-state index contributed by atoms with van der Waals surface area (Å²) >= 11 is 6.00. The Morgan fingerprint density at radius 3 is 2.60 bits per heavy atom. The van der Waals surface area contributed by atoms with Gasteiger partial charge in [0.1, 0.15) is 6.54 Å². The maximum absolute atomic E-state index is 12.0. The number of carbonyl (C=O) groups excluding carboxylic acids is 2. The van der Waals surface area contributed by atoms with Gasteiger partial charge in [-0.05, 0) is 38.5 Å². The molecule has 20 heavy (non-hydrogen) atoms. The number of halogens is 1. The predicted octanol–water partition coefficient (Wildman–Crippen LogP) is 3.07. The summed E-state index contributed by atoms with van der Waals surface area (Å²) in [4.78, 5) is 24.8. The smallest absolute Gasteiger partial charge is 0.325 e. The zero-order valence-electron chi connectivity index (χ0n) is 11.9. The van der Waals surface area contributed by atoms with Crippen molar-refractivity contribution in [3.8, 4) is 0 Å². The van der Waals surface area contributed by atoms with Gasteiger partial charge in [0.15, 0.2) is 0 Å². The van der Waals surface area contributed by atoms with Crippen LogP contribution >= 0.6 is 11.6 Å². The maximum Gasteiger partial charge on any atom is 0.325 e. The molecule has 0 spiro atoms. The molecule has 0 fully saturated rings. The van der Waals surface area contributed by atoms with E-state index in [1.807, 2.05) is 13.0 Å². The minimum atomic E-state index is -0.425. The molecule has 1 N–H and O–H groups in total. The number of hydrogen-bond acceptors (Lipinski definition) is 3. The molecule has 0 atom stereocenters. The zero-order chi connectivity index (χ0) is 15.1. The second-order valence-corrected chi connectivity index (χ2v) is 4.62. The number of aryl methyl sites for hydroxylation is 1. The second kappa shape index (κ2) is 7.75. The first-order valence-corrected chi connectivity index (χ1v) is 6.83. The van der Waals surface area contributed by atoms with Crippen molar-refractivity contribution < 1.29 is 14.3 Å². The summed E-state index contributed by atoms with van der Waals surface area (Å²) < 4.78 is 4.83. The fourth-order valence-corrected chi connectivity index (χ4v) is 1.74. The van der Waals surface area contributed by atoms with E-state index in [0.717, 1.165) is 5.56 Å². The lowest BCUT2D eigenvalue weighted by atomic mass is 10.2. The van der Waals surface area contributed by atoms with Crippen molar-refractivity contribution in [3.63, 3.8) is 0 Å². The molecule has 0 aliphatic heterocycles. The quantitative estimate of drug-likeness (QED) is 0.850. The van der Waals surface area contributed by atoms with Gasteiger partial charge in [-0.3, -0.25) is 4.79 Å². The van der Waals surface area contributed by atoms with Crippen LogP contribution in [-0.2, 0) is 9.53 Å². The Bertz CT molecular complexity index is 491. The first-order valence-electron chi connectivity index (χ1n) is 6.45. The third-order valence-corrected chi connectivity index (χ3v) is 3.12. The number of benzene rings is 1. The predicted molar refractivity (Wildman–Crippen MR) is 79.1 cm³/mol. The van der Waals surface area contributed by atoms with Gasteiger partial charge in [-0.15, -0.1) is 0 Å². The molecular weight excluding hydrogens is 280 g/mol. The molecule has 0 aromatic heterocycles. The normalized spacial score (nSPS) is 10.0. The van der Waals surface area contributed by atoms with Gasteiger partial charge in [-0.2, -0.15) is 0 Å². The van der Waals surface area contributed by atoms with Crippen molar-refractivity contribution in [3.05, 3.63) is 28.8 Å². The van der Waals surface area contributed by atoms with Crippen molar-refractivity contribution >= 4 is 29.3 Å². The summed E-state index contributed by atoms with van der Waals surface area (Å²) in [5.74, 6) is -0.425. The minimum Gasteiger partial charge on any atom is -0.465 e. The highest BCUT2D eigenvalue weighted by atomic mass is 35.5. The Morgan fingerprint density at radius 1 is 1.35 bits per heavy atom. The molecule has 0 heterocycles. The van der Waals surface area contributed by atoms with Crippen LogP contribution in [0, 0.1) is 6.92 Å². The van der Waals surface area contributed by atoms with E-state index >= 15 is 0 Å². The van der Waals surface area contributed by atoms with Crippen LogP contribution in [0.3, 0.4) is 0 Å². The second-order valence-electron chi connectivity index (χ2n) is 4.21. The highest BCUT2D eigenvalue weighted by molar-refractivity contribution is 6.31. The number of amides is 2. The third kappa shape index (κ3) is 4.74. The summed E-state index contributed by atoms with van der Waals surface area (Å²) in [6.45, 7) is 6.03. The van der Waals surface area contributed by atoms with Crippen molar-refractivity contribution in [1.29, 1.82) is 0 Å². The van der Waals surface area contributed by atoms with Crippen LogP contribution in [0.2, 0.25) is 5.02 Å².